The highest BCUT2D eigenvalue weighted by molar-refractivity contribution is 9.10. The van der Waals surface area contributed by atoms with Gasteiger partial charge in [-0.1, -0.05) is 13.0 Å². The summed E-state index contributed by atoms with van der Waals surface area (Å²) in [7, 11) is 0. The van der Waals surface area contributed by atoms with Crippen LogP contribution in [0.4, 0.5) is 5.69 Å². The molecule has 2 aromatic heterocycles. The van der Waals surface area contributed by atoms with E-state index in [1.54, 1.807) is 17.5 Å². The SMILES string of the molecule is CCCn1ncc(NC(C)Cc2cccs2)c(Br)c1=O. The van der Waals surface area contributed by atoms with Crippen LogP contribution in [0.5, 0.6) is 0 Å². The Balaban J connectivity index is 2.09. The molecule has 2 aromatic rings. The lowest BCUT2D eigenvalue weighted by atomic mass is 10.2. The maximum Gasteiger partial charge on any atom is 0.283 e. The minimum absolute atomic E-state index is 0.0832. The van der Waals surface area contributed by atoms with Crippen LogP contribution >= 0.6 is 27.3 Å². The van der Waals surface area contributed by atoms with Gasteiger partial charge >= 0.3 is 0 Å². The van der Waals surface area contributed by atoms with E-state index in [-0.39, 0.29) is 11.6 Å². The smallest absolute Gasteiger partial charge is 0.283 e. The van der Waals surface area contributed by atoms with Gasteiger partial charge in [-0.3, -0.25) is 4.79 Å². The lowest BCUT2D eigenvalue weighted by Gasteiger charge is -2.16. The molecule has 4 nitrogen and oxygen atoms in total. The summed E-state index contributed by atoms with van der Waals surface area (Å²) in [6.07, 6.45) is 3.54. The van der Waals surface area contributed by atoms with Gasteiger partial charge in [-0.05, 0) is 40.7 Å². The maximum absolute atomic E-state index is 12.1. The van der Waals surface area contributed by atoms with Gasteiger partial charge in [0.1, 0.15) is 4.47 Å². The molecule has 0 radical (unpaired) electrons. The molecule has 0 saturated carbocycles. The average Bonchev–Trinajstić information content (AvgIpc) is 2.91. The van der Waals surface area contributed by atoms with Crippen molar-refractivity contribution in [3.05, 3.63) is 43.4 Å². The number of aromatic nitrogens is 2. The van der Waals surface area contributed by atoms with E-state index in [1.165, 1.54) is 9.56 Å². The number of nitrogens with zero attached hydrogens (tertiary/aromatic N) is 2. The van der Waals surface area contributed by atoms with Gasteiger partial charge in [0.25, 0.3) is 5.56 Å². The Morgan fingerprint density at radius 1 is 1.55 bits per heavy atom. The molecule has 108 valence electrons. The molecule has 0 aromatic carbocycles. The monoisotopic (exact) mass is 355 g/mol. The predicted octanol–water partition coefficient (Wildman–Crippen LogP) is 3.52. The fourth-order valence-electron chi connectivity index (χ4n) is 1.98. The summed E-state index contributed by atoms with van der Waals surface area (Å²) in [5.41, 5.74) is 0.673. The standard InChI is InChI=1S/C14H18BrN3OS/c1-3-6-18-14(19)13(15)12(9-16-18)17-10(2)8-11-5-4-7-20-11/h4-5,7,9-10,17H,3,6,8H2,1-2H3. The molecule has 2 rings (SSSR count). The quantitative estimate of drug-likeness (QED) is 0.862. The molecular formula is C14H18BrN3OS. The van der Waals surface area contributed by atoms with Gasteiger partial charge < -0.3 is 5.32 Å². The van der Waals surface area contributed by atoms with Crippen molar-refractivity contribution < 1.29 is 0 Å². The molecule has 20 heavy (non-hydrogen) atoms. The van der Waals surface area contributed by atoms with E-state index in [0.717, 1.165) is 18.5 Å². The number of thiophene rings is 1. The molecule has 1 unspecified atom stereocenters. The first-order chi connectivity index (χ1) is 9.61. The summed E-state index contributed by atoms with van der Waals surface area (Å²) < 4.78 is 2.04. The van der Waals surface area contributed by atoms with Crippen molar-refractivity contribution in [2.45, 2.75) is 39.3 Å². The highest BCUT2D eigenvalue weighted by Gasteiger charge is 2.11. The van der Waals surface area contributed by atoms with E-state index in [4.69, 9.17) is 0 Å². The third-order valence-corrected chi connectivity index (χ3v) is 4.57. The lowest BCUT2D eigenvalue weighted by molar-refractivity contribution is 0.565. The molecule has 1 atom stereocenters. The molecule has 1 N–H and O–H groups in total. The number of halogens is 1. The van der Waals surface area contributed by atoms with Crippen LogP contribution in [0.3, 0.4) is 0 Å². The van der Waals surface area contributed by atoms with E-state index in [0.29, 0.717) is 11.0 Å². The van der Waals surface area contributed by atoms with E-state index < -0.39 is 0 Å². The summed E-state index contributed by atoms with van der Waals surface area (Å²) in [4.78, 5) is 13.4. The van der Waals surface area contributed by atoms with E-state index in [1.807, 2.05) is 6.92 Å². The molecule has 0 aliphatic carbocycles. The van der Waals surface area contributed by atoms with Gasteiger partial charge in [-0.2, -0.15) is 5.10 Å². The Morgan fingerprint density at radius 2 is 2.35 bits per heavy atom. The topological polar surface area (TPSA) is 46.9 Å². The highest BCUT2D eigenvalue weighted by Crippen LogP contribution is 2.19. The molecule has 0 amide bonds. The van der Waals surface area contributed by atoms with Gasteiger partial charge in [0.05, 0.1) is 11.9 Å². The first-order valence-corrected chi connectivity index (χ1v) is 8.33. The van der Waals surface area contributed by atoms with Crippen LogP contribution in [0, 0.1) is 0 Å². The number of anilines is 1. The Hall–Kier alpha value is -1.14. The summed E-state index contributed by atoms with van der Waals surface area (Å²) in [6, 6.07) is 4.42. The summed E-state index contributed by atoms with van der Waals surface area (Å²) in [5, 5.41) is 9.61. The van der Waals surface area contributed by atoms with E-state index in [9.17, 15) is 4.79 Å². The Labute approximate surface area is 131 Å². The molecule has 0 aliphatic rings. The molecular weight excluding hydrogens is 338 g/mol. The van der Waals surface area contributed by atoms with Crippen LogP contribution < -0.4 is 10.9 Å². The first kappa shape index (κ1) is 15.3. The molecule has 6 heteroatoms. The second kappa shape index (κ2) is 7.04. The number of hydrogen-bond acceptors (Lipinski definition) is 4. The molecule has 0 spiro atoms. The van der Waals surface area contributed by atoms with Crippen molar-refractivity contribution in [1.82, 2.24) is 9.78 Å². The van der Waals surface area contributed by atoms with E-state index >= 15 is 0 Å². The van der Waals surface area contributed by atoms with Crippen molar-refractivity contribution in [3.63, 3.8) is 0 Å². The van der Waals surface area contributed by atoms with Gasteiger partial charge in [0, 0.05) is 23.9 Å². The zero-order valence-electron chi connectivity index (χ0n) is 11.6. The van der Waals surface area contributed by atoms with Crippen LogP contribution in [0.1, 0.15) is 25.1 Å². The normalized spacial score (nSPS) is 12.3. The second-order valence-corrected chi connectivity index (χ2v) is 6.55. The van der Waals surface area contributed by atoms with Crippen LogP contribution in [0.25, 0.3) is 0 Å². The molecule has 0 aliphatic heterocycles. The third kappa shape index (κ3) is 3.70. The van der Waals surface area contributed by atoms with Crippen LogP contribution in [0.2, 0.25) is 0 Å². The summed E-state index contributed by atoms with van der Waals surface area (Å²) in [5.74, 6) is 0. The fraction of sp³-hybridized carbons (Fsp3) is 0.429. The maximum atomic E-state index is 12.1. The molecule has 0 bridgehead atoms. The highest BCUT2D eigenvalue weighted by atomic mass is 79.9. The van der Waals surface area contributed by atoms with Crippen LogP contribution in [0.15, 0.2) is 33.0 Å². The molecule has 0 saturated heterocycles. The number of aryl methyl sites for hydroxylation is 1. The number of hydrogen-bond donors (Lipinski definition) is 1. The van der Waals surface area contributed by atoms with Gasteiger partial charge in [0.15, 0.2) is 0 Å². The van der Waals surface area contributed by atoms with Crippen molar-refractivity contribution >= 4 is 33.0 Å². The fourth-order valence-corrected chi connectivity index (χ4v) is 3.24. The zero-order valence-corrected chi connectivity index (χ0v) is 14.0. The summed E-state index contributed by atoms with van der Waals surface area (Å²) >= 11 is 5.12. The molecule has 2 heterocycles. The lowest BCUT2D eigenvalue weighted by Crippen LogP contribution is -2.26. The third-order valence-electron chi connectivity index (χ3n) is 2.91. The Morgan fingerprint density at radius 3 is 3.00 bits per heavy atom. The van der Waals surface area contributed by atoms with Crippen molar-refractivity contribution in [3.8, 4) is 0 Å². The minimum atomic E-state index is -0.0832. The molecule has 0 fully saturated rings. The van der Waals surface area contributed by atoms with Crippen molar-refractivity contribution in [2.75, 3.05) is 5.32 Å². The van der Waals surface area contributed by atoms with Gasteiger partial charge in [0.2, 0.25) is 0 Å². The van der Waals surface area contributed by atoms with Gasteiger partial charge in [-0.15, -0.1) is 11.3 Å². The van der Waals surface area contributed by atoms with Crippen LogP contribution in [-0.4, -0.2) is 15.8 Å². The van der Waals surface area contributed by atoms with Crippen molar-refractivity contribution in [2.24, 2.45) is 0 Å². The van der Waals surface area contributed by atoms with Gasteiger partial charge in [-0.25, -0.2) is 4.68 Å². The Bertz CT molecular complexity index is 609. The predicted molar refractivity (Wildman–Crippen MR) is 87.6 cm³/mol. The first-order valence-electron chi connectivity index (χ1n) is 6.66. The van der Waals surface area contributed by atoms with Crippen molar-refractivity contribution in [1.29, 1.82) is 0 Å². The number of nitrogens with one attached hydrogen (secondary N) is 1. The Kier molecular flexibility index (Phi) is 5.37. The largest absolute Gasteiger partial charge is 0.380 e. The second-order valence-electron chi connectivity index (χ2n) is 4.73. The number of rotatable bonds is 6. The minimum Gasteiger partial charge on any atom is -0.380 e. The zero-order chi connectivity index (χ0) is 14.5. The average molecular weight is 356 g/mol. The van der Waals surface area contributed by atoms with Crippen LogP contribution in [-0.2, 0) is 13.0 Å². The van der Waals surface area contributed by atoms with E-state index in [2.05, 4.69) is 50.8 Å². The summed E-state index contributed by atoms with van der Waals surface area (Å²) in [6.45, 7) is 4.77.